The summed E-state index contributed by atoms with van der Waals surface area (Å²) >= 11 is 1.43. The molecule has 2 aromatic heterocycles. The van der Waals surface area contributed by atoms with E-state index in [1.807, 2.05) is 0 Å². The number of nitriles is 1. The largest absolute Gasteiger partial charge is 0.451 e. The number of amides is 1. The zero-order chi connectivity index (χ0) is 17.8. The predicted molar refractivity (Wildman–Crippen MR) is 91.2 cm³/mol. The number of aromatic nitrogens is 2. The van der Waals surface area contributed by atoms with Crippen molar-refractivity contribution in [2.45, 2.75) is 26.2 Å². The number of nitrogens with zero attached hydrogens (tertiary/aromatic N) is 3. The van der Waals surface area contributed by atoms with Crippen LogP contribution in [0.4, 0.5) is 5.00 Å². The van der Waals surface area contributed by atoms with Gasteiger partial charge in [-0.05, 0) is 30.7 Å². The highest BCUT2D eigenvalue weighted by atomic mass is 32.1. The van der Waals surface area contributed by atoms with Crippen molar-refractivity contribution in [3.05, 3.63) is 40.3 Å². The standard InChI is InChI=1S/C17H16N4O3S/c1-10-2-3-11-12(7-18)16(25-14(11)6-10)21-15(22)9-24-17(23)13-8-19-4-5-20-13/h4-5,8,10H,2-3,6,9H2,1H3,(H,21,22). The lowest BCUT2D eigenvalue weighted by Gasteiger charge is -2.17. The normalized spacial score (nSPS) is 15.8. The lowest BCUT2D eigenvalue weighted by molar-refractivity contribution is -0.119. The number of fused-ring (bicyclic) bond motifs is 1. The first-order valence-corrected chi connectivity index (χ1v) is 8.67. The van der Waals surface area contributed by atoms with Gasteiger partial charge in [0.25, 0.3) is 5.91 Å². The minimum Gasteiger partial charge on any atom is -0.451 e. The van der Waals surface area contributed by atoms with Crippen LogP contribution in [-0.2, 0) is 22.4 Å². The van der Waals surface area contributed by atoms with Crippen LogP contribution in [0, 0.1) is 17.2 Å². The number of nitrogens with one attached hydrogen (secondary N) is 1. The molecule has 0 saturated carbocycles. The highest BCUT2D eigenvalue weighted by Gasteiger charge is 2.24. The van der Waals surface area contributed by atoms with Crippen LogP contribution in [0.3, 0.4) is 0 Å². The quantitative estimate of drug-likeness (QED) is 0.843. The molecule has 0 bridgehead atoms. The summed E-state index contributed by atoms with van der Waals surface area (Å²) in [6.45, 7) is 1.73. The van der Waals surface area contributed by atoms with Crippen molar-refractivity contribution < 1.29 is 14.3 Å². The summed E-state index contributed by atoms with van der Waals surface area (Å²) in [4.78, 5) is 32.6. The third kappa shape index (κ3) is 3.83. The van der Waals surface area contributed by atoms with Crippen LogP contribution < -0.4 is 5.32 Å². The number of carbonyl (C=O) groups excluding carboxylic acids is 2. The fourth-order valence-corrected chi connectivity index (χ4v) is 4.11. The minimum absolute atomic E-state index is 0.0357. The summed E-state index contributed by atoms with van der Waals surface area (Å²) in [5.74, 6) is -0.627. The number of ether oxygens (including phenoxy) is 1. The summed E-state index contributed by atoms with van der Waals surface area (Å²) in [5.41, 5.74) is 1.60. The molecule has 0 fully saturated rings. The summed E-state index contributed by atoms with van der Waals surface area (Å²) in [6, 6.07) is 2.18. The van der Waals surface area contributed by atoms with Crippen LogP contribution in [0.1, 0.15) is 39.8 Å². The van der Waals surface area contributed by atoms with E-state index >= 15 is 0 Å². The first-order chi connectivity index (χ1) is 12.1. The molecular weight excluding hydrogens is 340 g/mol. The number of carbonyl (C=O) groups is 2. The van der Waals surface area contributed by atoms with E-state index in [0.717, 1.165) is 29.7 Å². The van der Waals surface area contributed by atoms with Crippen LogP contribution in [-0.4, -0.2) is 28.5 Å². The van der Waals surface area contributed by atoms with E-state index in [2.05, 4.69) is 28.3 Å². The van der Waals surface area contributed by atoms with Gasteiger partial charge in [-0.15, -0.1) is 11.3 Å². The number of hydrogen-bond acceptors (Lipinski definition) is 7. The van der Waals surface area contributed by atoms with E-state index in [-0.39, 0.29) is 5.69 Å². The average Bonchev–Trinajstić information content (AvgIpc) is 2.96. The van der Waals surface area contributed by atoms with Crippen LogP contribution in [0.5, 0.6) is 0 Å². The second-order valence-corrected chi connectivity index (χ2v) is 6.99. The zero-order valence-corrected chi connectivity index (χ0v) is 14.4. The van der Waals surface area contributed by atoms with Gasteiger partial charge >= 0.3 is 5.97 Å². The summed E-state index contributed by atoms with van der Waals surface area (Å²) in [5, 5.41) is 12.6. The Labute approximate surface area is 148 Å². The van der Waals surface area contributed by atoms with Crippen LogP contribution in [0.25, 0.3) is 0 Å². The smallest absolute Gasteiger partial charge is 0.359 e. The summed E-state index contributed by atoms with van der Waals surface area (Å²) in [7, 11) is 0. The van der Waals surface area contributed by atoms with Gasteiger partial charge in [0.05, 0.1) is 11.8 Å². The molecule has 8 heteroatoms. The van der Waals surface area contributed by atoms with Crippen LogP contribution in [0.2, 0.25) is 0 Å². The third-order valence-corrected chi connectivity index (χ3v) is 5.15. The molecule has 3 rings (SSSR count). The van der Waals surface area contributed by atoms with Gasteiger partial charge in [0.1, 0.15) is 11.1 Å². The molecule has 25 heavy (non-hydrogen) atoms. The molecule has 2 aromatic rings. The highest BCUT2D eigenvalue weighted by Crippen LogP contribution is 2.39. The lowest BCUT2D eigenvalue weighted by Crippen LogP contribution is -2.21. The number of thiophene rings is 1. The first kappa shape index (κ1) is 17.0. The van der Waals surface area contributed by atoms with E-state index in [4.69, 9.17) is 4.74 Å². The fraction of sp³-hybridized carbons (Fsp3) is 0.353. The third-order valence-electron chi connectivity index (χ3n) is 3.98. The van der Waals surface area contributed by atoms with Gasteiger partial charge in [0.2, 0.25) is 0 Å². The monoisotopic (exact) mass is 356 g/mol. The number of anilines is 1. The molecule has 0 aromatic carbocycles. The van der Waals surface area contributed by atoms with Gasteiger partial charge in [0, 0.05) is 17.3 Å². The minimum atomic E-state index is -0.719. The van der Waals surface area contributed by atoms with Crippen molar-refractivity contribution in [2.24, 2.45) is 5.92 Å². The topological polar surface area (TPSA) is 105 Å². The predicted octanol–water partition coefficient (Wildman–Crippen LogP) is 2.33. The zero-order valence-electron chi connectivity index (χ0n) is 13.6. The Morgan fingerprint density at radius 3 is 3.04 bits per heavy atom. The molecule has 0 radical (unpaired) electrons. The lowest BCUT2D eigenvalue weighted by atomic mass is 9.89. The number of esters is 1. The van der Waals surface area contributed by atoms with E-state index < -0.39 is 18.5 Å². The first-order valence-electron chi connectivity index (χ1n) is 7.86. The molecule has 7 nitrogen and oxygen atoms in total. The Morgan fingerprint density at radius 1 is 1.48 bits per heavy atom. The van der Waals surface area contributed by atoms with Gasteiger partial charge in [-0.2, -0.15) is 5.26 Å². The Bertz CT molecular complexity index is 842. The molecule has 0 aliphatic heterocycles. The molecule has 1 N–H and O–H groups in total. The Morgan fingerprint density at radius 2 is 2.32 bits per heavy atom. The van der Waals surface area contributed by atoms with Crippen molar-refractivity contribution in [1.29, 1.82) is 5.26 Å². The van der Waals surface area contributed by atoms with Gasteiger partial charge in [-0.3, -0.25) is 9.78 Å². The average molecular weight is 356 g/mol. The molecule has 1 amide bonds. The van der Waals surface area contributed by atoms with Gasteiger partial charge in [-0.1, -0.05) is 6.92 Å². The SMILES string of the molecule is CC1CCc2c(sc(NC(=O)COC(=O)c3cnccn3)c2C#N)C1. The van der Waals surface area contributed by atoms with Gasteiger partial charge in [-0.25, -0.2) is 9.78 Å². The molecule has 0 saturated heterocycles. The van der Waals surface area contributed by atoms with Gasteiger partial charge < -0.3 is 10.1 Å². The molecular formula is C17H16N4O3S. The molecule has 1 aliphatic rings. The van der Waals surface area contributed by atoms with Crippen LogP contribution in [0.15, 0.2) is 18.6 Å². The maximum atomic E-state index is 12.1. The van der Waals surface area contributed by atoms with E-state index in [9.17, 15) is 14.9 Å². The maximum absolute atomic E-state index is 12.1. The van der Waals surface area contributed by atoms with Crippen molar-refractivity contribution >= 4 is 28.2 Å². The molecule has 1 atom stereocenters. The van der Waals surface area contributed by atoms with E-state index in [0.29, 0.717) is 16.5 Å². The highest BCUT2D eigenvalue weighted by molar-refractivity contribution is 7.16. The second kappa shape index (κ2) is 7.40. The molecule has 2 heterocycles. The number of hydrogen-bond donors (Lipinski definition) is 1. The summed E-state index contributed by atoms with van der Waals surface area (Å²) < 4.78 is 4.92. The van der Waals surface area contributed by atoms with Crippen molar-refractivity contribution in [2.75, 3.05) is 11.9 Å². The van der Waals surface area contributed by atoms with Crippen LogP contribution >= 0.6 is 11.3 Å². The van der Waals surface area contributed by atoms with E-state index in [1.54, 1.807) is 0 Å². The molecule has 128 valence electrons. The fourth-order valence-electron chi connectivity index (χ4n) is 2.73. The Hall–Kier alpha value is -2.79. The maximum Gasteiger partial charge on any atom is 0.359 e. The molecule has 1 unspecified atom stereocenters. The van der Waals surface area contributed by atoms with Crippen molar-refractivity contribution in [3.63, 3.8) is 0 Å². The Kier molecular flexibility index (Phi) is 5.05. The van der Waals surface area contributed by atoms with Crippen molar-refractivity contribution in [1.82, 2.24) is 9.97 Å². The molecule has 1 aliphatic carbocycles. The molecule has 0 spiro atoms. The Balaban J connectivity index is 1.64. The van der Waals surface area contributed by atoms with Crippen molar-refractivity contribution in [3.8, 4) is 6.07 Å². The number of rotatable bonds is 4. The second-order valence-electron chi connectivity index (χ2n) is 5.88. The van der Waals surface area contributed by atoms with E-state index in [1.165, 1.54) is 29.9 Å². The van der Waals surface area contributed by atoms with Gasteiger partial charge in [0.15, 0.2) is 12.3 Å². The summed E-state index contributed by atoms with van der Waals surface area (Å²) in [6.07, 6.45) is 6.89.